The van der Waals surface area contributed by atoms with E-state index >= 15 is 0 Å². The molecule has 0 saturated heterocycles. The fourth-order valence-corrected chi connectivity index (χ4v) is 2.55. The second-order valence-corrected chi connectivity index (χ2v) is 6.18. The van der Waals surface area contributed by atoms with E-state index in [0.717, 1.165) is 12.1 Å². The monoisotopic (exact) mass is 375 g/mol. The van der Waals surface area contributed by atoms with Gasteiger partial charge in [-0.15, -0.1) is 0 Å². The third kappa shape index (κ3) is 5.14. The average molecular weight is 375 g/mol. The number of rotatable bonds is 6. The van der Waals surface area contributed by atoms with Crippen LogP contribution in [0.5, 0.6) is 0 Å². The van der Waals surface area contributed by atoms with Crippen molar-refractivity contribution in [1.29, 1.82) is 0 Å². The van der Waals surface area contributed by atoms with Crippen molar-refractivity contribution >= 4 is 34.7 Å². The van der Waals surface area contributed by atoms with E-state index in [1.54, 1.807) is 24.3 Å². The van der Waals surface area contributed by atoms with Gasteiger partial charge in [0.15, 0.2) is 0 Å². The van der Waals surface area contributed by atoms with Gasteiger partial charge in [-0.3, -0.25) is 9.59 Å². The second-order valence-electron chi connectivity index (χ2n) is 6.18. The highest BCUT2D eigenvalue weighted by molar-refractivity contribution is 6.03. The first-order valence-electron chi connectivity index (χ1n) is 8.90. The summed E-state index contributed by atoms with van der Waals surface area (Å²) in [5.74, 6) is -0.0125. The minimum absolute atomic E-state index is 0.179. The summed E-state index contributed by atoms with van der Waals surface area (Å²) in [4.78, 5) is 31.9. The van der Waals surface area contributed by atoms with Crippen molar-refractivity contribution in [2.75, 3.05) is 16.0 Å². The number of nitrogens with zero attached hydrogens (tertiary/aromatic N) is 2. The molecule has 0 aliphatic rings. The van der Waals surface area contributed by atoms with E-state index in [-0.39, 0.29) is 17.5 Å². The van der Waals surface area contributed by atoms with Gasteiger partial charge in [0.05, 0.1) is 12.4 Å². The Bertz CT molecular complexity index is 969. The van der Waals surface area contributed by atoms with Crippen molar-refractivity contribution in [3.05, 3.63) is 72.2 Å². The van der Waals surface area contributed by atoms with Gasteiger partial charge in [0.1, 0.15) is 11.5 Å². The quantitative estimate of drug-likeness (QED) is 0.605. The highest BCUT2D eigenvalue weighted by Crippen LogP contribution is 2.17. The first kappa shape index (κ1) is 19.0. The molecule has 3 aromatic rings. The van der Waals surface area contributed by atoms with E-state index in [2.05, 4.69) is 32.8 Å². The third-order valence-corrected chi connectivity index (χ3v) is 3.96. The maximum Gasteiger partial charge on any atom is 0.275 e. The molecular weight excluding hydrogens is 354 g/mol. The van der Waals surface area contributed by atoms with Crippen molar-refractivity contribution in [2.24, 2.45) is 0 Å². The third-order valence-electron chi connectivity index (χ3n) is 3.96. The molecule has 1 aromatic heterocycles. The Morgan fingerprint density at radius 3 is 2.21 bits per heavy atom. The van der Waals surface area contributed by atoms with Gasteiger partial charge in [-0.1, -0.05) is 25.1 Å². The lowest BCUT2D eigenvalue weighted by Crippen LogP contribution is -2.14. The fraction of sp³-hybridized carbons (Fsp3) is 0.143. The molecule has 0 aliphatic carbocycles. The number of benzene rings is 2. The molecule has 0 unspecified atom stereocenters. The molecule has 2 aromatic carbocycles. The summed E-state index contributed by atoms with van der Waals surface area (Å²) in [5, 5.41) is 8.56. The number of aromatic nitrogens is 2. The van der Waals surface area contributed by atoms with Crippen LogP contribution in [0.2, 0.25) is 0 Å². The minimum Gasteiger partial charge on any atom is -0.339 e. The van der Waals surface area contributed by atoms with Gasteiger partial charge < -0.3 is 16.0 Å². The standard InChI is InChI=1S/C21H21N5O2/c1-3-15-7-9-16(10-8-15)25-20-13-22-19(12-23-20)21(28)26-18-6-4-5-17(11-18)24-14(2)27/h4-13H,3H2,1-2H3,(H,23,25)(H,24,27)(H,26,28). The highest BCUT2D eigenvalue weighted by atomic mass is 16.2. The van der Waals surface area contributed by atoms with Crippen LogP contribution in [0, 0.1) is 0 Å². The molecule has 7 heteroatoms. The van der Waals surface area contributed by atoms with Gasteiger partial charge in [-0.25, -0.2) is 9.97 Å². The van der Waals surface area contributed by atoms with Crippen molar-refractivity contribution in [3.8, 4) is 0 Å². The Hall–Kier alpha value is -3.74. The van der Waals surface area contributed by atoms with Crippen LogP contribution >= 0.6 is 0 Å². The predicted molar refractivity (Wildman–Crippen MR) is 110 cm³/mol. The summed E-state index contributed by atoms with van der Waals surface area (Å²) in [6.07, 6.45) is 3.91. The van der Waals surface area contributed by atoms with Crippen LogP contribution in [0.3, 0.4) is 0 Å². The highest BCUT2D eigenvalue weighted by Gasteiger charge is 2.09. The maximum absolute atomic E-state index is 12.4. The van der Waals surface area contributed by atoms with Crippen molar-refractivity contribution in [2.45, 2.75) is 20.3 Å². The molecule has 0 atom stereocenters. The van der Waals surface area contributed by atoms with Crippen molar-refractivity contribution in [1.82, 2.24) is 9.97 Å². The van der Waals surface area contributed by atoms with Gasteiger partial charge in [0, 0.05) is 24.0 Å². The Labute approximate surface area is 163 Å². The van der Waals surface area contributed by atoms with Gasteiger partial charge in [0.25, 0.3) is 5.91 Å². The van der Waals surface area contributed by atoms with Crippen molar-refractivity contribution in [3.63, 3.8) is 0 Å². The number of hydrogen-bond acceptors (Lipinski definition) is 5. The van der Waals surface area contributed by atoms with Crippen molar-refractivity contribution < 1.29 is 9.59 Å². The topological polar surface area (TPSA) is 96.0 Å². The summed E-state index contributed by atoms with van der Waals surface area (Å²) in [6.45, 7) is 3.53. The molecule has 0 radical (unpaired) electrons. The lowest BCUT2D eigenvalue weighted by Gasteiger charge is -2.08. The smallest absolute Gasteiger partial charge is 0.275 e. The van der Waals surface area contributed by atoms with Crippen LogP contribution < -0.4 is 16.0 Å². The number of anilines is 4. The first-order chi connectivity index (χ1) is 13.5. The minimum atomic E-state index is -0.383. The van der Waals surface area contributed by atoms with Crippen LogP contribution in [-0.2, 0) is 11.2 Å². The van der Waals surface area contributed by atoms with Crippen LogP contribution in [0.15, 0.2) is 60.9 Å². The van der Waals surface area contributed by atoms with Gasteiger partial charge >= 0.3 is 0 Å². The molecule has 3 N–H and O–H groups in total. The zero-order chi connectivity index (χ0) is 19.9. The van der Waals surface area contributed by atoms with E-state index in [9.17, 15) is 9.59 Å². The van der Waals surface area contributed by atoms with E-state index in [0.29, 0.717) is 17.2 Å². The molecule has 142 valence electrons. The van der Waals surface area contributed by atoms with E-state index < -0.39 is 0 Å². The van der Waals surface area contributed by atoms with E-state index in [1.165, 1.54) is 24.9 Å². The first-order valence-corrected chi connectivity index (χ1v) is 8.90. The zero-order valence-corrected chi connectivity index (χ0v) is 15.7. The lowest BCUT2D eigenvalue weighted by atomic mass is 10.1. The van der Waals surface area contributed by atoms with Crippen LogP contribution in [0.25, 0.3) is 0 Å². The molecule has 28 heavy (non-hydrogen) atoms. The number of amides is 2. The predicted octanol–water partition coefficient (Wildman–Crippen LogP) is 3.99. The molecule has 7 nitrogen and oxygen atoms in total. The molecule has 0 aliphatic heterocycles. The Balaban J connectivity index is 1.64. The Morgan fingerprint density at radius 1 is 0.893 bits per heavy atom. The normalized spacial score (nSPS) is 10.2. The Kier molecular flexibility index (Phi) is 5.96. The second kappa shape index (κ2) is 8.77. The molecule has 0 bridgehead atoms. The molecule has 0 spiro atoms. The summed E-state index contributed by atoms with van der Waals surface area (Å²) in [7, 11) is 0. The zero-order valence-electron chi connectivity index (χ0n) is 15.7. The van der Waals surface area contributed by atoms with Gasteiger partial charge in [-0.2, -0.15) is 0 Å². The summed E-state index contributed by atoms with van der Waals surface area (Å²) in [5.41, 5.74) is 3.50. The number of carbonyl (C=O) groups is 2. The molecule has 1 heterocycles. The number of hydrogen-bond donors (Lipinski definition) is 3. The number of nitrogens with one attached hydrogen (secondary N) is 3. The summed E-state index contributed by atoms with van der Waals surface area (Å²) < 4.78 is 0. The van der Waals surface area contributed by atoms with Gasteiger partial charge in [0.2, 0.25) is 5.91 Å². The largest absolute Gasteiger partial charge is 0.339 e. The maximum atomic E-state index is 12.4. The lowest BCUT2D eigenvalue weighted by molar-refractivity contribution is -0.114. The fourth-order valence-electron chi connectivity index (χ4n) is 2.55. The van der Waals surface area contributed by atoms with Crippen LogP contribution in [0.1, 0.15) is 29.9 Å². The Morgan fingerprint density at radius 2 is 1.61 bits per heavy atom. The molecule has 0 fully saturated rings. The van der Waals surface area contributed by atoms with E-state index in [1.807, 2.05) is 24.3 Å². The molecule has 0 saturated carbocycles. The number of aryl methyl sites for hydroxylation is 1. The molecule has 2 amide bonds. The van der Waals surface area contributed by atoms with Crippen LogP contribution in [0.4, 0.5) is 22.9 Å². The number of carbonyl (C=O) groups excluding carboxylic acids is 2. The molecular formula is C21H21N5O2. The summed E-state index contributed by atoms with van der Waals surface area (Å²) >= 11 is 0. The average Bonchev–Trinajstić information content (AvgIpc) is 2.69. The van der Waals surface area contributed by atoms with E-state index in [4.69, 9.17) is 0 Å². The van der Waals surface area contributed by atoms with Gasteiger partial charge in [-0.05, 0) is 42.3 Å². The summed E-state index contributed by atoms with van der Waals surface area (Å²) in [6, 6.07) is 14.9. The van der Waals surface area contributed by atoms with Crippen LogP contribution in [-0.4, -0.2) is 21.8 Å². The SMILES string of the molecule is CCc1ccc(Nc2cnc(C(=O)Nc3cccc(NC(C)=O)c3)cn2)cc1. The molecule has 3 rings (SSSR count).